The van der Waals surface area contributed by atoms with E-state index in [1.165, 1.54) is 11.1 Å². The predicted molar refractivity (Wildman–Crippen MR) is 211 cm³/mol. The van der Waals surface area contributed by atoms with Crippen LogP contribution in [0.3, 0.4) is 0 Å². The highest BCUT2D eigenvalue weighted by Gasteiger charge is 2.46. The summed E-state index contributed by atoms with van der Waals surface area (Å²) in [5.41, 5.74) is 5.77. The fourth-order valence-corrected chi connectivity index (χ4v) is 9.42. The number of benzene rings is 2. The van der Waals surface area contributed by atoms with Crippen LogP contribution < -0.4 is 10.2 Å². The van der Waals surface area contributed by atoms with Crippen molar-refractivity contribution in [2.24, 2.45) is 0 Å². The minimum absolute atomic E-state index is 0.0916. The average Bonchev–Trinajstić information content (AvgIpc) is 3.95. The van der Waals surface area contributed by atoms with E-state index in [9.17, 15) is 19.2 Å². The van der Waals surface area contributed by atoms with Crippen molar-refractivity contribution in [2.75, 3.05) is 37.6 Å². The summed E-state index contributed by atoms with van der Waals surface area (Å²) in [6, 6.07) is 14.8. The molecule has 1 unspecified atom stereocenters. The number of rotatable bonds is 9. The molecule has 0 saturated carbocycles. The first-order valence-electron chi connectivity index (χ1n) is 19.4. The van der Waals surface area contributed by atoms with E-state index in [0.29, 0.717) is 43.1 Å². The minimum atomic E-state index is -0.980. The second-order valence-corrected chi connectivity index (χ2v) is 15.8. The van der Waals surface area contributed by atoms with Gasteiger partial charge in [0.2, 0.25) is 11.8 Å². The molecule has 14 nitrogen and oxygen atoms in total. The lowest BCUT2D eigenvalue weighted by Gasteiger charge is -2.36. The number of carbonyl (C=O) groups is 4. The molecular weight excluding hydrogens is 743 g/mol. The second kappa shape index (κ2) is 15.5. The number of aryl methyl sites for hydroxylation is 2. The average molecular weight is 784 g/mol. The van der Waals surface area contributed by atoms with Crippen LogP contribution in [-0.2, 0) is 40.5 Å². The quantitative estimate of drug-likeness (QED) is 0.133. The molecule has 290 valence electrons. The molecule has 0 bridgehead atoms. The third-order valence-corrected chi connectivity index (χ3v) is 12.3. The number of fused-ring (bicyclic) bond motifs is 4. The van der Waals surface area contributed by atoms with Gasteiger partial charge < -0.3 is 9.64 Å². The van der Waals surface area contributed by atoms with Gasteiger partial charge in [-0.3, -0.25) is 43.5 Å². The topological polar surface area (TPSA) is 148 Å². The van der Waals surface area contributed by atoms with Crippen molar-refractivity contribution < 1.29 is 23.9 Å². The number of carbonyl (C=O) groups excluding carboxylic acids is 4. The van der Waals surface area contributed by atoms with Crippen molar-refractivity contribution in [3.05, 3.63) is 111 Å². The van der Waals surface area contributed by atoms with Gasteiger partial charge in [-0.1, -0.05) is 48.2 Å². The SMILES string of the molecule is Cc1nnc2n1-c1sc(C#Cc3cnn(CCCCN4CCN(c5cccc6c5C(=O)N(C5CCC(=O)NC5=O)C6=O)CC4)c3)c(Cc3ccccc3)c1COC2. The lowest BCUT2D eigenvalue weighted by atomic mass is 10.0. The maximum atomic E-state index is 13.6. The van der Waals surface area contributed by atoms with Crippen LogP contribution >= 0.6 is 11.3 Å². The van der Waals surface area contributed by atoms with Gasteiger partial charge in [-0.15, -0.1) is 21.5 Å². The largest absolute Gasteiger partial charge is 0.369 e. The van der Waals surface area contributed by atoms with Crippen molar-refractivity contribution >= 4 is 40.7 Å². The Hall–Kier alpha value is -5.95. The van der Waals surface area contributed by atoms with Crippen LogP contribution in [-0.4, -0.2) is 96.7 Å². The van der Waals surface area contributed by atoms with E-state index >= 15 is 0 Å². The second-order valence-electron chi connectivity index (χ2n) is 14.8. The van der Waals surface area contributed by atoms with Crippen LogP contribution in [0.25, 0.3) is 5.00 Å². The number of hydrogen-bond acceptors (Lipinski definition) is 11. The Kier molecular flexibility index (Phi) is 9.99. The summed E-state index contributed by atoms with van der Waals surface area (Å²) in [6.07, 6.45) is 6.79. The van der Waals surface area contributed by atoms with Crippen LogP contribution in [0.1, 0.15) is 85.2 Å². The zero-order valence-electron chi connectivity index (χ0n) is 31.6. The number of unbranched alkanes of at least 4 members (excludes halogenated alkanes) is 1. The molecule has 3 aromatic heterocycles. The van der Waals surface area contributed by atoms with Crippen LogP contribution in [0.15, 0.2) is 60.9 Å². The Labute approximate surface area is 333 Å². The van der Waals surface area contributed by atoms with Crippen LogP contribution in [0.5, 0.6) is 0 Å². The van der Waals surface area contributed by atoms with E-state index in [2.05, 4.69) is 71.1 Å². The number of piperidine rings is 1. The van der Waals surface area contributed by atoms with Crippen LogP contribution in [0.4, 0.5) is 5.69 Å². The maximum absolute atomic E-state index is 13.6. The van der Waals surface area contributed by atoms with Gasteiger partial charge in [0.15, 0.2) is 5.82 Å². The van der Waals surface area contributed by atoms with Crippen molar-refractivity contribution in [1.82, 2.24) is 39.7 Å². The number of imide groups is 2. The molecule has 15 heteroatoms. The van der Waals surface area contributed by atoms with Crippen molar-refractivity contribution in [3.8, 4) is 16.8 Å². The molecule has 0 aliphatic carbocycles. The highest BCUT2D eigenvalue weighted by Crippen LogP contribution is 2.37. The maximum Gasteiger partial charge on any atom is 0.264 e. The molecule has 1 atom stereocenters. The van der Waals surface area contributed by atoms with Gasteiger partial charge in [-0.05, 0) is 62.4 Å². The van der Waals surface area contributed by atoms with E-state index in [4.69, 9.17) is 4.74 Å². The smallest absolute Gasteiger partial charge is 0.264 e. The van der Waals surface area contributed by atoms with E-state index in [1.54, 1.807) is 23.5 Å². The monoisotopic (exact) mass is 783 g/mol. The van der Waals surface area contributed by atoms with Gasteiger partial charge in [0.05, 0.1) is 40.1 Å². The molecule has 9 rings (SSSR count). The first-order valence-corrected chi connectivity index (χ1v) is 20.2. The number of hydrogen-bond donors (Lipinski definition) is 1. The molecule has 7 heterocycles. The Bertz CT molecular complexity index is 2450. The first kappa shape index (κ1) is 36.7. The van der Waals surface area contributed by atoms with Crippen molar-refractivity contribution in [3.63, 3.8) is 0 Å². The van der Waals surface area contributed by atoms with E-state index in [0.717, 1.165) is 83.0 Å². The number of ether oxygens (including phenoxy) is 1. The number of aromatic nitrogens is 5. The Morgan fingerprint density at radius 2 is 1.74 bits per heavy atom. The van der Waals surface area contributed by atoms with Crippen molar-refractivity contribution in [1.29, 1.82) is 0 Å². The molecule has 2 fully saturated rings. The molecule has 57 heavy (non-hydrogen) atoms. The molecule has 4 amide bonds. The summed E-state index contributed by atoms with van der Waals surface area (Å²) in [7, 11) is 0. The summed E-state index contributed by atoms with van der Waals surface area (Å²) in [5.74, 6) is 6.54. The summed E-state index contributed by atoms with van der Waals surface area (Å²) in [6.45, 7) is 7.70. The molecule has 0 radical (unpaired) electrons. The number of thiophene rings is 1. The van der Waals surface area contributed by atoms with Gasteiger partial charge in [-0.25, -0.2) is 0 Å². The number of amides is 4. The summed E-state index contributed by atoms with van der Waals surface area (Å²) < 4.78 is 10.1. The van der Waals surface area contributed by atoms with E-state index < -0.39 is 23.8 Å². The molecule has 4 aliphatic heterocycles. The fraction of sp³-hybridized carbons (Fsp3) is 0.357. The summed E-state index contributed by atoms with van der Waals surface area (Å²) in [5, 5.41) is 16.6. The van der Waals surface area contributed by atoms with Crippen molar-refractivity contribution in [2.45, 2.75) is 64.8 Å². The third-order valence-electron chi connectivity index (χ3n) is 11.1. The highest BCUT2D eigenvalue weighted by atomic mass is 32.1. The lowest BCUT2D eigenvalue weighted by molar-refractivity contribution is -0.136. The minimum Gasteiger partial charge on any atom is -0.369 e. The molecular formula is C42H41N9O5S. The third kappa shape index (κ3) is 7.16. The Morgan fingerprint density at radius 3 is 2.56 bits per heavy atom. The highest BCUT2D eigenvalue weighted by molar-refractivity contribution is 7.15. The number of nitrogens with zero attached hydrogens (tertiary/aromatic N) is 8. The molecule has 5 aromatic rings. The van der Waals surface area contributed by atoms with Gasteiger partial charge in [-0.2, -0.15) is 5.10 Å². The standard InChI is InChI=1S/C42H41N9O5S/c1-27-45-46-36-26-56-25-32-31(22-28-8-3-2-4-9-28)35(57-42(32)50(27)36)14-12-29-23-43-49(24-29)17-6-5-16-47-18-20-48(21-19-47)33-11-7-10-30-38(33)41(55)51(40(30)54)34-13-15-37(52)44-39(34)53/h2-4,7-11,23-24,34H,5-6,13,15-22,25-26H2,1H3,(H,44,52,53). The predicted octanol–water partition coefficient (Wildman–Crippen LogP) is 3.86. The number of anilines is 1. The molecule has 1 N–H and O–H groups in total. The molecule has 0 spiro atoms. The van der Waals surface area contributed by atoms with Crippen LogP contribution in [0, 0.1) is 18.8 Å². The van der Waals surface area contributed by atoms with Gasteiger partial charge in [0.25, 0.3) is 11.8 Å². The van der Waals surface area contributed by atoms with Crippen LogP contribution in [0.2, 0.25) is 0 Å². The summed E-state index contributed by atoms with van der Waals surface area (Å²) in [4.78, 5) is 57.7. The van der Waals surface area contributed by atoms with Gasteiger partial charge in [0.1, 0.15) is 23.5 Å². The number of piperazine rings is 1. The number of nitrogens with one attached hydrogen (secondary N) is 1. The molecule has 2 saturated heterocycles. The van der Waals surface area contributed by atoms with E-state index in [-0.39, 0.29) is 18.7 Å². The normalized spacial score (nSPS) is 18.2. The zero-order chi connectivity index (χ0) is 39.0. The van der Waals surface area contributed by atoms with Gasteiger partial charge in [0, 0.05) is 50.9 Å². The lowest BCUT2D eigenvalue weighted by Crippen LogP contribution is -2.54. The van der Waals surface area contributed by atoms with E-state index in [1.807, 2.05) is 36.1 Å². The van der Waals surface area contributed by atoms with Gasteiger partial charge >= 0.3 is 0 Å². The Morgan fingerprint density at radius 1 is 0.912 bits per heavy atom. The first-order chi connectivity index (χ1) is 27.8. The molecule has 4 aliphatic rings. The fourth-order valence-electron chi connectivity index (χ4n) is 8.17. The Balaban J connectivity index is 0.799. The molecule has 2 aromatic carbocycles. The zero-order valence-corrected chi connectivity index (χ0v) is 32.4. The summed E-state index contributed by atoms with van der Waals surface area (Å²) >= 11 is 1.66.